The average Bonchev–Trinajstić information content (AvgIpc) is 2.50. The van der Waals surface area contributed by atoms with E-state index in [0.717, 1.165) is 17.8 Å². The lowest BCUT2D eigenvalue weighted by Crippen LogP contribution is -2.26. The number of sulfone groups is 1. The van der Waals surface area contributed by atoms with Crippen LogP contribution in [0.5, 0.6) is 0 Å². The standard InChI is InChI=1S/C13H16N2O2S/c1-11-9-13(4-3-12(11)10-14)15-5-2-7-18(16,17)8-6-15/h3-4,9H,2,5-8H2,1H3. The Kier molecular flexibility index (Phi) is 3.58. The second-order valence-corrected chi connectivity index (χ2v) is 6.91. The second kappa shape index (κ2) is 4.99. The van der Waals surface area contributed by atoms with E-state index >= 15 is 0 Å². The lowest BCUT2D eigenvalue weighted by atomic mass is 10.1. The number of hydrogen-bond donors (Lipinski definition) is 0. The zero-order valence-corrected chi connectivity index (χ0v) is 11.2. The monoisotopic (exact) mass is 264 g/mol. The van der Waals surface area contributed by atoms with Crippen molar-refractivity contribution in [1.29, 1.82) is 5.26 Å². The minimum atomic E-state index is -2.88. The van der Waals surface area contributed by atoms with Crippen LogP contribution in [0.3, 0.4) is 0 Å². The summed E-state index contributed by atoms with van der Waals surface area (Å²) in [4.78, 5) is 2.08. The molecule has 0 aromatic heterocycles. The number of nitriles is 1. The van der Waals surface area contributed by atoms with Crippen molar-refractivity contribution >= 4 is 15.5 Å². The van der Waals surface area contributed by atoms with E-state index in [-0.39, 0.29) is 11.5 Å². The van der Waals surface area contributed by atoms with Gasteiger partial charge in [0.2, 0.25) is 0 Å². The number of benzene rings is 1. The van der Waals surface area contributed by atoms with Crippen LogP contribution in [0.1, 0.15) is 17.5 Å². The molecule has 0 bridgehead atoms. The van der Waals surface area contributed by atoms with Crippen molar-refractivity contribution in [2.45, 2.75) is 13.3 Å². The Labute approximate surface area is 108 Å². The minimum absolute atomic E-state index is 0.214. The molecule has 0 aliphatic carbocycles. The van der Waals surface area contributed by atoms with E-state index in [9.17, 15) is 8.42 Å². The fourth-order valence-electron chi connectivity index (χ4n) is 2.17. The summed E-state index contributed by atoms with van der Waals surface area (Å²) >= 11 is 0. The average molecular weight is 264 g/mol. The molecule has 1 aromatic carbocycles. The Morgan fingerprint density at radius 1 is 1.28 bits per heavy atom. The smallest absolute Gasteiger partial charge is 0.152 e. The van der Waals surface area contributed by atoms with E-state index in [4.69, 9.17) is 5.26 Å². The number of anilines is 1. The molecular weight excluding hydrogens is 248 g/mol. The molecule has 0 atom stereocenters. The zero-order valence-electron chi connectivity index (χ0n) is 10.4. The zero-order chi connectivity index (χ0) is 13.2. The van der Waals surface area contributed by atoms with Gasteiger partial charge in [-0.2, -0.15) is 5.26 Å². The Balaban J connectivity index is 2.22. The molecule has 5 heteroatoms. The third-order valence-corrected chi connectivity index (χ3v) is 4.97. The maximum Gasteiger partial charge on any atom is 0.152 e. The molecule has 0 spiro atoms. The largest absolute Gasteiger partial charge is 0.370 e. The molecule has 0 saturated carbocycles. The normalized spacial score (nSPS) is 19.0. The van der Waals surface area contributed by atoms with Crippen molar-refractivity contribution in [2.75, 3.05) is 29.5 Å². The summed E-state index contributed by atoms with van der Waals surface area (Å²) in [5, 5.41) is 8.89. The van der Waals surface area contributed by atoms with Crippen molar-refractivity contribution in [3.05, 3.63) is 29.3 Å². The SMILES string of the molecule is Cc1cc(N2CCCS(=O)(=O)CC2)ccc1C#N. The highest BCUT2D eigenvalue weighted by Gasteiger charge is 2.19. The first-order valence-electron chi connectivity index (χ1n) is 5.98. The fraction of sp³-hybridized carbons (Fsp3) is 0.462. The first-order valence-corrected chi connectivity index (χ1v) is 7.80. The van der Waals surface area contributed by atoms with Gasteiger partial charge in [0, 0.05) is 18.8 Å². The molecule has 2 rings (SSSR count). The first kappa shape index (κ1) is 12.9. The van der Waals surface area contributed by atoms with E-state index in [2.05, 4.69) is 11.0 Å². The van der Waals surface area contributed by atoms with Gasteiger partial charge in [-0.05, 0) is 37.1 Å². The van der Waals surface area contributed by atoms with Gasteiger partial charge >= 0.3 is 0 Å². The molecule has 1 fully saturated rings. The van der Waals surface area contributed by atoms with E-state index in [0.29, 0.717) is 18.5 Å². The molecule has 4 nitrogen and oxygen atoms in total. The predicted octanol–water partition coefficient (Wildman–Crippen LogP) is 1.49. The first-order chi connectivity index (χ1) is 8.52. The molecule has 0 N–H and O–H groups in total. The minimum Gasteiger partial charge on any atom is -0.370 e. The van der Waals surface area contributed by atoms with Gasteiger partial charge in [0.05, 0.1) is 23.1 Å². The van der Waals surface area contributed by atoms with Crippen LogP contribution in [0.25, 0.3) is 0 Å². The summed E-state index contributed by atoms with van der Waals surface area (Å²) in [5.74, 6) is 0.491. The third-order valence-electron chi connectivity index (χ3n) is 3.25. The second-order valence-electron chi connectivity index (χ2n) is 4.60. The van der Waals surface area contributed by atoms with Crippen LogP contribution < -0.4 is 4.90 Å². The van der Waals surface area contributed by atoms with Crippen molar-refractivity contribution in [1.82, 2.24) is 0 Å². The molecule has 96 valence electrons. The van der Waals surface area contributed by atoms with E-state index in [1.165, 1.54) is 0 Å². The van der Waals surface area contributed by atoms with Gasteiger partial charge in [0.1, 0.15) is 0 Å². The van der Waals surface area contributed by atoms with Crippen LogP contribution in [-0.4, -0.2) is 33.0 Å². The summed E-state index contributed by atoms with van der Waals surface area (Å²) in [6, 6.07) is 7.78. The van der Waals surface area contributed by atoms with Gasteiger partial charge in [0.25, 0.3) is 0 Å². The van der Waals surface area contributed by atoms with Gasteiger partial charge in [-0.1, -0.05) is 0 Å². The van der Waals surface area contributed by atoms with Crippen LogP contribution in [-0.2, 0) is 9.84 Å². The summed E-state index contributed by atoms with van der Waals surface area (Å²) < 4.78 is 23.1. The maximum absolute atomic E-state index is 11.5. The van der Waals surface area contributed by atoms with Crippen molar-refractivity contribution < 1.29 is 8.42 Å². The predicted molar refractivity (Wildman–Crippen MR) is 71.4 cm³/mol. The molecule has 1 aliphatic rings. The number of aryl methyl sites for hydroxylation is 1. The number of rotatable bonds is 1. The molecular formula is C13H16N2O2S. The summed E-state index contributed by atoms with van der Waals surface area (Å²) in [5.41, 5.74) is 2.60. The van der Waals surface area contributed by atoms with Gasteiger partial charge in [-0.25, -0.2) is 8.42 Å². The van der Waals surface area contributed by atoms with Crippen LogP contribution >= 0.6 is 0 Å². The Morgan fingerprint density at radius 3 is 2.72 bits per heavy atom. The van der Waals surface area contributed by atoms with E-state index in [1.54, 1.807) is 6.07 Å². The van der Waals surface area contributed by atoms with Crippen molar-refractivity contribution in [3.8, 4) is 6.07 Å². The molecule has 0 radical (unpaired) electrons. The highest BCUT2D eigenvalue weighted by molar-refractivity contribution is 7.91. The number of hydrogen-bond acceptors (Lipinski definition) is 4. The third kappa shape index (κ3) is 2.82. The van der Waals surface area contributed by atoms with E-state index in [1.807, 2.05) is 19.1 Å². The Morgan fingerprint density at radius 2 is 2.06 bits per heavy atom. The molecule has 1 aliphatic heterocycles. The number of nitrogens with zero attached hydrogens (tertiary/aromatic N) is 2. The van der Waals surface area contributed by atoms with Gasteiger partial charge in [-0.3, -0.25) is 0 Å². The summed E-state index contributed by atoms with van der Waals surface area (Å²) in [6.07, 6.45) is 0.668. The molecule has 1 aromatic rings. The van der Waals surface area contributed by atoms with Gasteiger partial charge in [-0.15, -0.1) is 0 Å². The highest BCUT2D eigenvalue weighted by Crippen LogP contribution is 2.20. The molecule has 1 heterocycles. The maximum atomic E-state index is 11.5. The van der Waals surface area contributed by atoms with Crippen LogP contribution in [0.15, 0.2) is 18.2 Å². The molecule has 18 heavy (non-hydrogen) atoms. The molecule has 0 amide bonds. The van der Waals surface area contributed by atoms with E-state index < -0.39 is 9.84 Å². The highest BCUT2D eigenvalue weighted by atomic mass is 32.2. The van der Waals surface area contributed by atoms with Crippen LogP contribution in [0, 0.1) is 18.3 Å². The van der Waals surface area contributed by atoms with Crippen LogP contribution in [0.4, 0.5) is 5.69 Å². The fourth-order valence-corrected chi connectivity index (χ4v) is 3.44. The summed E-state index contributed by atoms with van der Waals surface area (Å²) in [7, 11) is -2.88. The van der Waals surface area contributed by atoms with Gasteiger partial charge in [0.15, 0.2) is 9.84 Å². The lowest BCUT2D eigenvalue weighted by molar-refractivity contribution is 0.597. The van der Waals surface area contributed by atoms with Crippen LogP contribution in [0.2, 0.25) is 0 Å². The quantitative estimate of drug-likeness (QED) is 0.771. The Hall–Kier alpha value is -1.54. The van der Waals surface area contributed by atoms with Crippen molar-refractivity contribution in [2.24, 2.45) is 0 Å². The molecule has 0 unspecified atom stereocenters. The van der Waals surface area contributed by atoms with Gasteiger partial charge < -0.3 is 4.90 Å². The van der Waals surface area contributed by atoms with Crippen molar-refractivity contribution in [3.63, 3.8) is 0 Å². The lowest BCUT2D eigenvalue weighted by Gasteiger charge is -2.22. The topological polar surface area (TPSA) is 61.2 Å². The molecule has 1 saturated heterocycles. The Bertz CT molecular complexity index is 587. The summed E-state index contributed by atoms with van der Waals surface area (Å²) in [6.45, 7) is 3.19.